The molecular formula is C21H31NO3S. The minimum Gasteiger partial charge on any atom is -0.478 e. The summed E-state index contributed by atoms with van der Waals surface area (Å²) in [5.41, 5.74) is 1.33. The third-order valence-corrected chi connectivity index (χ3v) is 7.26. The smallest absolute Gasteiger partial charge is 0.339 e. The Balaban J connectivity index is 1.65. The summed E-state index contributed by atoms with van der Waals surface area (Å²) in [5.74, 6) is -0.0661. The molecule has 144 valence electrons. The van der Waals surface area contributed by atoms with Gasteiger partial charge in [-0.15, -0.1) is 11.3 Å². The van der Waals surface area contributed by atoms with Crippen LogP contribution in [0.3, 0.4) is 0 Å². The van der Waals surface area contributed by atoms with Crippen molar-refractivity contribution >= 4 is 28.2 Å². The van der Waals surface area contributed by atoms with Crippen LogP contribution >= 0.6 is 11.3 Å². The zero-order valence-electron chi connectivity index (χ0n) is 15.8. The number of anilines is 1. The Kier molecular flexibility index (Phi) is 6.74. The molecule has 0 spiro atoms. The molecule has 0 radical (unpaired) electrons. The van der Waals surface area contributed by atoms with E-state index in [1.165, 1.54) is 35.5 Å². The first-order chi connectivity index (χ1) is 12.6. The highest BCUT2D eigenvalue weighted by Crippen LogP contribution is 2.39. The number of amides is 1. The highest BCUT2D eigenvalue weighted by atomic mass is 32.1. The van der Waals surface area contributed by atoms with Crippen molar-refractivity contribution < 1.29 is 14.7 Å². The Morgan fingerprint density at radius 2 is 1.85 bits per heavy atom. The monoisotopic (exact) mass is 377 g/mol. The van der Waals surface area contributed by atoms with E-state index < -0.39 is 5.97 Å². The van der Waals surface area contributed by atoms with Gasteiger partial charge in [0, 0.05) is 10.8 Å². The number of fused-ring (bicyclic) bond motifs is 1. The number of hydrogen-bond donors (Lipinski definition) is 2. The molecule has 1 saturated carbocycles. The fraction of sp³-hybridized carbons (Fsp3) is 0.714. The van der Waals surface area contributed by atoms with Crippen molar-refractivity contribution in [1.82, 2.24) is 0 Å². The van der Waals surface area contributed by atoms with Crippen LogP contribution in [0.15, 0.2) is 0 Å². The fourth-order valence-corrected chi connectivity index (χ4v) is 5.76. The standard InChI is InChI=1S/C21H31NO3S/c1-2-3-7-14-10-12-15(13-11-14)19(23)22-20-18(21(24)25)16-8-5-4-6-9-17(16)26-20/h14-15H,2-13H2,1H3,(H,22,23)(H,24,25). The summed E-state index contributed by atoms with van der Waals surface area (Å²) in [6.07, 6.45) is 13.0. The average Bonchev–Trinajstić information content (AvgIpc) is 2.81. The normalized spacial score (nSPS) is 23.1. The van der Waals surface area contributed by atoms with Gasteiger partial charge < -0.3 is 10.4 Å². The Hall–Kier alpha value is -1.36. The van der Waals surface area contributed by atoms with Crippen LogP contribution < -0.4 is 5.32 Å². The van der Waals surface area contributed by atoms with Crippen LogP contribution in [-0.2, 0) is 17.6 Å². The number of hydrogen-bond acceptors (Lipinski definition) is 3. The van der Waals surface area contributed by atoms with Gasteiger partial charge in [-0.2, -0.15) is 0 Å². The topological polar surface area (TPSA) is 66.4 Å². The maximum Gasteiger partial charge on any atom is 0.339 e. The maximum atomic E-state index is 12.7. The van der Waals surface area contributed by atoms with Crippen LogP contribution in [0.2, 0.25) is 0 Å². The van der Waals surface area contributed by atoms with E-state index in [1.54, 1.807) is 0 Å². The molecular weight excluding hydrogens is 346 g/mol. The number of carbonyl (C=O) groups excluding carboxylic acids is 1. The summed E-state index contributed by atoms with van der Waals surface area (Å²) in [4.78, 5) is 25.7. The second kappa shape index (κ2) is 9.03. The van der Waals surface area contributed by atoms with Crippen molar-refractivity contribution in [2.75, 3.05) is 5.32 Å². The number of aromatic carboxylic acids is 1. The van der Waals surface area contributed by atoms with Crippen molar-refractivity contribution in [3.63, 3.8) is 0 Å². The second-order valence-corrected chi connectivity index (χ2v) is 9.03. The zero-order chi connectivity index (χ0) is 18.5. The number of rotatable bonds is 6. The number of nitrogens with one attached hydrogen (secondary N) is 1. The van der Waals surface area contributed by atoms with Crippen molar-refractivity contribution in [3.05, 3.63) is 16.0 Å². The molecule has 4 nitrogen and oxygen atoms in total. The third kappa shape index (κ3) is 4.48. The molecule has 1 fully saturated rings. The first-order valence-electron chi connectivity index (χ1n) is 10.3. The van der Waals surface area contributed by atoms with Gasteiger partial charge in [0.2, 0.25) is 5.91 Å². The van der Waals surface area contributed by atoms with Crippen molar-refractivity contribution in [2.24, 2.45) is 11.8 Å². The molecule has 0 bridgehead atoms. The van der Waals surface area contributed by atoms with Crippen LogP contribution in [0, 0.1) is 11.8 Å². The Morgan fingerprint density at radius 3 is 2.54 bits per heavy atom. The number of unbranched alkanes of at least 4 members (excludes halogenated alkanes) is 1. The Labute approximate surface area is 160 Å². The van der Waals surface area contributed by atoms with E-state index in [2.05, 4.69) is 12.2 Å². The summed E-state index contributed by atoms with van der Waals surface area (Å²) in [6, 6.07) is 0. The highest BCUT2D eigenvalue weighted by Gasteiger charge is 2.29. The average molecular weight is 378 g/mol. The molecule has 0 unspecified atom stereocenters. The molecule has 2 aliphatic carbocycles. The third-order valence-electron chi connectivity index (χ3n) is 6.06. The summed E-state index contributed by atoms with van der Waals surface area (Å²) in [7, 11) is 0. The number of carbonyl (C=O) groups is 2. The molecule has 2 N–H and O–H groups in total. The van der Waals surface area contributed by atoms with Crippen molar-refractivity contribution in [1.29, 1.82) is 0 Å². The predicted octanol–water partition coefficient (Wildman–Crippen LogP) is 5.65. The summed E-state index contributed by atoms with van der Waals surface area (Å²) < 4.78 is 0. The van der Waals surface area contributed by atoms with E-state index in [0.717, 1.165) is 69.3 Å². The quantitative estimate of drug-likeness (QED) is 0.630. The van der Waals surface area contributed by atoms with Gasteiger partial charge in [0.15, 0.2) is 0 Å². The first-order valence-corrected chi connectivity index (χ1v) is 11.1. The predicted molar refractivity (Wildman–Crippen MR) is 106 cm³/mol. The van der Waals surface area contributed by atoms with Crippen LogP contribution in [0.1, 0.15) is 91.9 Å². The van der Waals surface area contributed by atoms with E-state index in [9.17, 15) is 14.7 Å². The highest BCUT2D eigenvalue weighted by molar-refractivity contribution is 7.17. The molecule has 3 rings (SSSR count). The summed E-state index contributed by atoms with van der Waals surface area (Å²) in [5, 5.41) is 13.3. The van der Waals surface area contributed by atoms with Gasteiger partial charge in [0.05, 0.1) is 5.56 Å². The summed E-state index contributed by atoms with van der Waals surface area (Å²) >= 11 is 1.49. The van der Waals surface area contributed by atoms with Gasteiger partial charge in [0.25, 0.3) is 0 Å². The molecule has 26 heavy (non-hydrogen) atoms. The fourth-order valence-electron chi connectivity index (χ4n) is 4.48. The lowest BCUT2D eigenvalue weighted by molar-refractivity contribution is -0.121. The number of thiophene rings is 1. The van der Waals surface area contributed by atoms with E-state index >= 15 is 0 Å². The minimum absolute atomic E-state index is 0.0258. The molecule has 0 atom stereocenters. The van der Waals surface area contributed by atoms with Crippen LogP contribution in [0.25, 0.3) is 0 Å². The SMILES string of the molecule is CCCCC1CCC(C(=O)Nc2sc3c(c2C(=O)O)CCCCC3)CC1. The van der Waals surface area contributed by atoms with Crippen molar-refractivity contribution in [3.8, 4) is 0 Å². The Morgan fingerprint density at radius 1 is 1.12 bits per heavy atom. The lowest BCUT2D eigenvalue weighted by Crippen LogP contribution is -2.27. The van der Waals surface area contributed by atoms with E-state index in [-0.39, 0.29) is 11.8 Å². The second-order valence-electron chi connectivity index (χ2n) is 7.92. The van der Waals surface area contributed by atoms with Crippen molar-refractivity contribution in [2.45, 2.75) is 84.0 Å². The Bertz CT molecular complexity index is 644. The minimum atomic E-state index is -0.900. The molecule has 0 aliphatic heterocycles. The van der Waals surface area contributed by atoms with Gasteiger partial charge in [-0.1, -0.05) is 32.6 Å². The lowest BCUT2D eigenvalue weighted by Gasteiger charge is -2.27. The van der Waals surface area contributed by atoms with Gasteiger partial charge in [-0.05, 0) is 62.8 Å². The lowest BCUT2D eigenvalue weighted by atomic mass is 9.79. The van der Waals surface area contributed by atoms with Gasteiger partial charge in [-0.25, -0.2) is 4.79 Å². The van der Waals surface area contributed by atoms with Gasteiger partial charge >= 0.3 is 5.97 Å². The molecule has 0 aromatic carbocycles. The molecule has 0 saturated heterocycles. The van der Waals surface area contributed by atoms with E-state index in [1.807, 2.05) is 0 Å². The maximum absolute atomic E-state index is 12.7. The molecule has 1 heterocycles. The van der Waals surface area contributed by atoms with E-state index in [4.69, 9.17) is 0 Å². The molecule has 2 aliphatic rings. The summed E-state index contributed by atoms with van der Waals surface area (Å²) in [6.45, 7) is 2.22. The number of aryl methyl sites for hydroxylation is 1. The van der Waals surface area contributed by atoms with Crippen LogP contribution in [0.5, 0.6) is 0 Å². The largest absolute Gasteiger partial charge is 0.478 e. The van der Waals surface area contributed by atoms with E-state index in [0.29, 0.717) is 10.6 Å². The number of carboxylic acid groups (broad SMARTS) is 1. The molecule has 5 heteroatoms. The first kappa shape index (κ1) is 19.4. The van der Waals surface area contributed by atoms with Crippen LogP contribution in [-0.4, -0.2) is 17.0 Å². The molecule has 1 aromatic rings. The van der Waals surface area contributed by atoms with Crippen LogP contribution in [0.4, 0.5) is 5.00 Å². The van der Waals surface area contributed by atoms with Gasteiger partial charge in [-0.3, -0.25) is 4.79 Å². The number of carboxylic acids is 1. The zero-order valence-corrected chi connectivity index (χ0v) is 16.6. The molecule has 1 amide bonds. The molecule has 1 aromatic heterocycles. The van der Waals surface area contributed by atoms with Gasteiger partial charge in [0.1, 0.15) is 5.00 Å².